The van der Waals surface area contributed by atoms with Gasteiger partial charge < -0.3 is 9.64 Å². The Morgan fingerprint density at radius 3 is 2.62 bits per heavy atom. The predicted octanol–water partition coefficient (Wildman–Crippen LogP) is 12.0. The smallest absolute Gasteiger partial charge is 0.100 e. The van der Waals surface area contributed by atoms with Gasteiger partial charge in [0.05, 0.1) is 29.4 Å². The molecule has 3 heterocycles. The van der Waals surface area contributed by atoms with E-state index >= 15 is 0 Å². The van der Waals surface area contributed by atoms with Crippen molar-refractivity contribution in [2.75, 3.05) is 11.5 Å². The van der Waals surface area contributed by atoms with E-state index in [1.165, 1.54) is 73.0 Å². The number of pyridine rings is 1. The normalized spacial score (nSPS) is 23.4. The van der Waals surface area contributed by atoms with E-state index in [2.05, 4.69) is 126 Å². The summed E-state index contributed by atoms with van der Waals surface area (Å²) in [4.78, 5) is 8.30. The molecule has 3 heteroatoms. The molecule has 2 unspecified atom stereocenters. The highest BCUT2D eigenvalue weighted by Gasteiger charge is 2.38. The molecule has 246 valence electrons. The van der Waals surface area contributed by atoms with Gasteiger partial charge in [-0.15, -0.1) is 0 Å². The molecule has 0 fully saturated rings. The molecule has 0 amide bonds. The number of hydrogen-bond acceptors (Lipinski definition) is 3. The average molecular weight is 651 g/mol. The Morgan fingerprint density at radius 2 is 1.70 bits per heavy atom. The Labute approximate surface area is 295 Å². The van der Waals surface area contributed by atoms with Crippen molar-refractivity contribution in [1.29, 1.82) is 0 Å². The molecule has 3 aromatic rings. The molecule has 2 atom stereocenters. The van der Waals surface area contributed by atoms with Crippen LogP contribution in [0.25, 0.3) is 22.8 Å². The number of aromatic nitrogens is 1. The molecule has 0 spiro atoms. The van der Waals surface area contributed by atoms with Gasteiger partial charge in [-0.05, 0) is 108 Å². The molecule has 50 heavy (non-hydrogen) atoms. The zero-order chi connectivity index (χ0) is 33.0. The molecule has 2 aliphatic heterocycles. The molecular formula is C47H42N2O. The van der Waals surface area contributed by atoms with Gasteiger partial charge in [0.1, 0.15) is 5.76 Å². The van der Waals surface area contributed by atoms with Crippen LogP contribution in [0, 0.1) is 5.92 Å². The first-order chi connectivity index (χ1) is 24.8. The summed E-state index contributed by atoms with van der Waals surface area (Å²) in [6, 6.07) is 22.8. The third-order valence-corrected chi connectivity index (χ3v) is 11.8. The second-order valence-electron chi connectivity index (χ2n) is 14.5. The van der Waals surface area contributed by atoms with Gasteiger partial charge in [-0.25, -0.2) is 4.98 Å². The molecule has 0 saturated carbocycles. The predicted molar refractivity (Wildman–Crippen MR) is 206 cm³/mol. The topological polar surface area (TPSA) is 25.4 Å². The van der Waals surface area contributed by atoms with E-state index in [1.54, 1.807) is 0 Å². The molecule has 5 aliphatic carbocycles. The number of nitrogens with zero attached hydrogens (tertiary/aromatic N) is 2. The van der Waals surface area contributed by atoms with E-state index in [0.717, 1.165) is 75.8 Å². The summed E-state index contributed by atoms with van der Waals surface area (Å²) in [6.07, 6.45) is 32.7. The maximum absolute atomic E-state index is 6.29. The lowest BCUT2D eigenvalue weighted by Crippen LogP contribution is -2.27. The minimum Gasteiger partial charge on any atom is -0.497 e. The fourth-order valence-corrected chi connectivity index (χ4v) is 9.42. The Balaban J connectivity index is 1.21. The summed E-state index contributed by atoms with van der Waals surface area (Å²) in [5.74, 6) is 1.99. The second kappa shape index (κ2) is 12.3. The molecule has 1 aromatic heterocycles. The highest BCUT2D eigenvalue weighted by atomic mass is 16.5. The molecule has 3 nitrogen and oxygen atoms in total. The van der Waals surface area contributed by atoms with Crippen molar-refractivity contribution in [1.82, 2.24) is 4.98 Å². The van der Waals surface area contributed by atoms with Crippen molar-refractivity contribution in [3.8, 4) is 0 Å². The Bertz CT molecular complexity index is 2210. The number of ether oxygens (including phenoxy) is 1. The molecule has 0 radical (unpaired) electrons. The first-order valence-electron chi connectivity index (χ1n) is 18.7. The van der Waals surface area contributed by atoms with E-state index in [0.29, 0.717) is 11.8 Å². The third kappa shape index (κ3) is 4.89. The fraction of sp³-hybridized carbons (Fsp3) is 0.255. The standard InChI is InChI=1S/C47H42N2O/c1-3-12-32(13-4-1)37-23-22-34(36-20-11-17-31-14-7-8-18-35(31)36)30-44(37)49-42-21-10-9-19-38(42)39-24-27-45-40(28-29-50-45)46(39)47-43(49)26-25-41(48-47)33-15-5-2-6-16-33/h1,3,5,7-12,14-19,21-23,25-26,34,36H,2,4,6,13,20,24,27-30H2. The Hall–Kier alpha value is -5.15. The monoisotopic (exact) mass is 650 g/mol. The van der Waals surface area contributed by atoms with Crippen molar-refractivity contribution in [3.05, 3.63) is 172 Å². The molecule has 0 bridgehead atoms. The zero-order valence-corrected chi connectivity index (χ0v) is 28.6. The van der Waals surface area contributed by atoms with Crippen LogP contribution in [0.4, 0.5) is 11.4 Å². The highest BCUT2D eigenvalue weighted by Crippen LogP contribution is 2.55. The van der Waals surface area contributed by atoms with E-state index < -0.39 is 0 Å². The van der Waals surface area contributed by atoms with Crippen LogP contribution in [0.2, 0.25) is 0 Å². The molecule has 0 N–H and O–H groups in total. The van der Waals surface area contributed by atoms with Crippen LogP contribution in [-0.2, 0) is 4.74 Å². The maximum atomic E-state index is 6.29. The van der Waals surface area contributed by atoms with Crippen molar-refractivity contribution >= 4 is 34.2 Å². The molecule has 7 aliphatic rings. The summed E-state index contributed by atoms with van der Waals surface area (Å²) in [6.45, 7) is 0.760. The Kier molecular flexibility index (Phi) is 7.33. The van der Waals surface area contributed by atoms with Crippen molar-refractivity contribution in [2.45, 2.75) is 63.7 Å². The number of hydrogen-bond donors (Lipinski definition) is 0. The van der Waals surface area contributed by atoms with Gasteiger partial charge in [-0.2, -0.15) is 0 Å². The molecular weight excluding hydrogens is 609 g/mol. The number of rotatable bonds is 4. The van der Waals surface area contributed by atoms with Gasteiger partial charge in [-0.1, -0.05) is 103 Å². The third-order valence-electron chi connectivity index (χ3n) is 11.8. The number of para-hydroxylation sites is 1. The number of fused-ring (bicyclic) bond motifs is 6. The van der Waals surface area contributed by atoms with Gasteiger partial charge >= 0.3 is 0 Å². The number of allylic oxidation sites excluding steroid dienone is 16. The van der Waals surface area contributed by atoms with E-state index in [1.807, 2.05) is 0 Å². The van der Waals surface area contributed by atoms with Crippen LogP contribution in [0.3, 0.4) is 0 Å². The van der Waals surface area contributed by atoms with E-state index in [-0.39, 0.29) is 0 Å². The van der Waals surface area contributed by atoms with Crippen LogP contribution in [0.1, 0.15) is 91.8 Å². The van der Waals surface area contributed by atoms with Gasteiger partial charge in [0.2, 0.25) is 0 Å². The fourth-order valence-electron chi connectivity index (χ4n) is 9.42. The van der Waals surface area contributed by atoms with Gasteiger partial charge in [-0.3, -0.25) is 0 Å². The molecule has 0 saturated heterocycles. The molecule has 10 rings (SSSR count). The SMILES string of the molecule is C1=CCCC(C2=C(N3c4ccccc4C4=C(C5=C(CC4)OCC5)c4nc(C5=CCCC=C5)ccc43)CC(C3CC=Cc4ccccc43)C=C2)=C1. The minimum atomic E-state index is 0.378. The first kappa shape index (κ1) is 29.7. The summed E-state index contributed by atoms with van der Waals surface area (Å²) in [7, 11) is 0. The lowest BCUT2D eigenvalue weighted by atomic mass is 9.73. The summed E-state index contributed by atoms with van der Waals surface area (Å²) >= 11 is 0. The van der Waals surface area contributed by atoms with Crippen molar-refractivity contribution < 1.29 is 4.74 Å². The van der Waals surface area contributed by atoms with Crippen LogP contribution in [0.15, 0.2) is 144 Å². The Morgan fingerprint density at radius 1 is 0.760 bits per heavy atom. The highest BCUT2D eigenvalue weighted by molar-refractivity contribution is 6.07. The average Bonchev–Trinajstić information content (AvgIpc) is 3.63. The summed E-state index contributed by atoms with van der Waals surface area (Å²) < 4.78 is 6.29. The van der Waals surface area contributed by atoms with Crippen molar-refractivity contribution in [3.63, 3.8) is 0 Å². The van der Waals surface area contributed by atoms with Crippen LogP contribution < -0.4 is 4.90 Å². The maximum Gasteiger partial charge on any atom is 0.100 e. The number of benzene rings is 2. The number of anilines is 2. The van der Waals surface area contributed by atoms with Gasteiger partial charge in [0.15, 0.2) is 0 Å². The molecule has 2 aromatic carbocycles. The lowest BCUT2D eigenvalue weighted by Gasteiger charge is -2.38. The van der Waals surface area contributed by atoms with Crippen LogP contribution >= 0.6 is 0 Å². The first-order valence-corrected chi connectivity index (χ1v) is 18.7. The van der Waals surface area contributed by atoms with Crippen LogP contribution in [0.5, 0.6) is 0 Å². The largest absolute Gasteiger partial charge is 0.497 e. The summed E-state index contributed by atoms with van der Waals surface area (Å²) in [5.41, 5.74) is 18.3. The van der Waals surface area contributed by atoms with Crippen molar-refractivity contribution in [2.24, 2.45) is 5.92 Å². The zero-order valence-electron chi connectivity index (χ0n) is 28.6. The van der Waals surface area contributed by atoms with Gasteiger partial charge in [0, 0.05) is 35.2 Å². The lowest BCUT2D eigenvalue weighted by molar-refractivity contribution is 0.235. The summed E-state index contributed by atoms with van der Waals surface area (Å²) in [5, 5.41) is 0. The van der Waals surface area contributed by atoms with Gasteiger partial charge in [0.25, 0.3) is 0 Å². The minimum absolute atomic E-state index is 0.378. The van der Waals surface area contributed by atoms with Crippen LogP contribution in [-0.4, -0.2) is 11.6 Å². The second-order valence-corrected chi connectivity index (χ2v) is 14.5. The quantitative estimate of drug-likeness (QED) is 0.281. The van der Waals surface area contributed by atoms with E-state index in [9.17, 15) is 0 Å². The van der Waals surface area contributed by atoms with E-state index in [4.69, 9.17) is 9.72 Å².